The number of hydrogen-bond donors (Lipinski definition) is 0. The van der Waals surface area contributed by atoms with Crippen LogP contribution in [0.2, 0.25) is 0 Å². The number of halogens is 3. The first-order valence-corrected chi connectivity index (χ1v) is 7.70. The fourth-order valence-electron chi connectivity index (χ4n) is 2.24. The van der Waals surface area contributed by atoms with Crippen molar-refractivity contribution in [2.24, 2.45) is 11.3 Å². The molecule has 0 saturated carbocycles. The monoisotopic (exact) mass is 314 g/mol. The van der Waals surface area contributed by atoms with E-state index in [9.17, 15) is 8.78 Å². The topological polar surface area (TPSA) is 17.8 Å². The van der Waals surface area contributed by atoms with Gasteiger partial charge in [-0.1, -0.05) is 27.7 Å². The minimum Gasteiger partial charge on any atom is -0.325 e. The predicted octanol–water partition coefficient (Wildman–Crippen LogP) is 4.78. The molecule has 0 N–H and O–H groups in total. The third kappa shape index (κ3) is 3.05. The SMILES string of the molecule is CC(C)C(C)(C)Cn1c(CCCl)nc2ccc(F)c(F)c21. The van der Waals surface area contributed by atoms with E-state index in [2.05, 4.69) is 32.7 Å². The highest BCUT2D eigenvalue weighted by molar-refractivity contribution is 6.17. The molecule has 2 aromatic rings. The molecule has 0 aliphatic heterocycles. The third-order valence-electron chi connectivity index (χ3n) is 4.33. The van der Waals surface area contributed by atoms with Crippen LogP contribution in [0.15, 0.2) is 12.1 Å². The lowest BCUT2D eigenvalue weighted by atomic mass is 9.81. The molecule has 0 spiro atoms. The van der Waals surface area contributed by atoms with E-state index in [1.807, 2.05) is 0 Å². The Morgan fingerprint density at radius 2 is 1.95 bits per heavy atom. The van der Waals surface area contributed by atoms with Gasteiger partial charge in [0.05, 0.1) is 5.52 Å². The van der Waals surface area contributed by atoms with Gasteiger partial charge in [0, 0.05) is 18.8 Å². The van der Waals surface area contributed by atoms with Gasteiger partial charge in [0.25, 0.3) is 0 Å². The normalized spacial score (nSPS) is 12.6. The average Bonchev–Trinajstić information content (AvgIpc) is 2.73. The maximum atomic E-state index is 14.2. The van der Waals surface area contributed by atoms with E-state index in [1.165, 1.54) is 6.07 Å². The van der Waals surface area contributed by atoms with E-state index in [4.69, 9.17) is 11.6 Å². The van der Waals surface area contributed by atoms with Crippen molar-refractivity contribution in [3.05, 3.63) is 29.6 Å². The van der Waals surface area contributed by atoms with Gasteiger partial charge in [0.15, 0.2) is 11.6 Å². The van der Waals surface area contributed by atoms with Crippen LogP contribution >= 0.6 is 11.6 Å². The van der Waals surface area contributed by atoms with Crippen LogP contribution in [0.1, 0.15) is 33.5 Å². The number of aromatic nitrogens is 2. The van der Waals surface area contributed by atoms with Gasteiger partial charge in [-0.25, -0.2) is 13.8 Å². The molecule has 5 heteroatoms. The van der Waals surface area contributed by atoms with E-state index < -0.39 is 11.6 Å². The quantitative estimate of drug-likeness (QED) is 0.726. The zero-order valence-corrected chi connectivity index (χ0v) is 13.6. The first kappa shape index (κ1) is 16.2. The lowest BCUT2D eigenvalue weighted by molar-refractivity contribution is 0.210. The second-order valence-corrected chi connectivity index (χ2v) is 6.80. The summed E-state index contributed by atoms with van der Waals surface area (Å²) >= 11 is 5.82. The Balaban J connectivity index is 2.63. The Morgan fingerprint density at radius 1 is 1.29 bits per heavy atom. The van der Waals surface area contributed by atoms with E-state index in [1.54, 1.807) is 4.57 Å². The molecule has 1 aromatic carbocycles. The fraction of sp³-hybridized carbons (Fsp3) is 0.562. The molecule has 0 bridgehead atoms. The van der Waals surface area contributed by atoms with Crippen LogP contribution in [0.5, 0.6) is 0 Å². The van der Waals surface area contributed by atoms with Crippen molar-refractivity contribution in [1.82, 2.24) is 9.55 Å². The number of rotatable bonds is 5. The number of hydrogen-bond acceptors (Lipinski definition) is 1. The van der Waals surface area contributed by atoms with Crippen molar-refractivity contribution in [2.75, 3.05) is 5.88 Å². The summed E-state index contributed by atoms with van der Waals surface area (Å²) in [5.41, 5.74) is 0.658. The van der Waals surface area contributed by atoms with Crippen molar-refractivity contribution in [2.45, 2.75) is 40.7 Å². The predicted molar refractivity (Wildman–Crippen MR) is 82.7 cm³/mol. The molecule has 0 amide bonds. The minimum absolute atomic E-state index is 0.0621. The smallest absolute Gasteiger partial charge is 0.184 e. The molecule has 0 saturated heterocycles. The standard InChI is InChI=1S/C16H21ClF2N2/c1-10(2)16(3,4)9-21-13(7-8-17)20-12-6-5-11(18)14(19)15(12)21/h5-6,10H,7-9H2,1-4H3. The average molecular weight is 315 g/mol. The van der Waals surface area contributed by atoms with Gasteiger partial charge in [0.1, 0.15) is 11.3 Å². The molecule has 21 heavy (non-hydrogen) atoms. The van der Waals surface area contributed by atoms with Crippen LogP contribution in [0.25, 0.3) is 11.0 Å². The number of nitrogens with zero attached hydrogens (tertiary/aromatic N) is 2. The van der Waals surface area contributed by atoms with Crippen molar-refractivity contribution in [3.8, 4) is 0 Å². The Hall–Kier alpha value is -1.16. The van der Waals surface area contributed by atoms with Crippen LogP contribution in [-0.2, 0) is 13.0 Å². The van der Waals surface area contributed by atoms with Gasteiger partial charge in [0.2, 0.25) is 0 Å². The second-order valence-electron chi connectivity index (χ2n) is 6.43. The van der Waals surface area contributed by atoms with Gasteiger partial charge < -0.3 is 4.57 Å². The van der Waals surface area contributed by atoms with Gasteiger partial charge in [-0.3, -0.25) is 0 Å². The highest BCUT2D eigenvalue weighted by Crippen LogP contribution is 2.32. The summed E-state index contributed by atoms with van der Waals surface area (Å²) in [5, 5.41) is 0. The van der Waals surface area contributed by atoms with E-state index in [-0.39, 0.29) is 10.9 Å². The molecule has 1 aromatic heterocycles. The highest BCUT2D eigenvalue weighted by Gasteiger charge is 2.26. The zero-order chi connectivity index (χ0) is 15.8. The molecule has 0 radical (unpaired) electrons. The molecular formula is C16H21ClF2N2. The fourth-order valence-corrected chi connectivity index (χ4v) is 2.41. The molecule has 0 fully saturated rings. The van der Waals surface area contributed by atoms with Crippen molar-refractivity contribution < 1.29 is 8.78 Å². The highest BCUT2D eigenvalue weighted by atomic mass is 35.5. The molecule has 2 rings (SSSR count). The molecule has 0 unspecified atom stereocenters. The van der Waals surface area contributed by atoms with Gasteiger partial charge in [-0.2, -0.15) is 0 Å². The molecule has 0 aliphatic rings. The largest absolute Gasteiger partial charge is 0.325 e. The summed E-state index contributed by atoms with van der Waals surface area (Å²) in [7, 11) is 0. The lowest BCUT2D eigenvalue weighted by Crippen LogP contribution is -2.27. The maximum absolute atomic E-state index is 14.2. The Kier molecular flexibility index (Phi) is 4.57. The second kappa shape index (κ2) is 5.91. The number of benzene rings is 1. The zero-order valence-electron chi connectivity index (χ0n) is 12.9. The Morgan fingerprint density at radius 3 is 2.52 bits per heavy atom. The summed E-state index contributed by atoms with van der Waals surface area (Å²) in [6.45, 7) is 9.05. The molecular weight excluding hydrogens is 294 g/mol. The van der Waals surface area contributed by atoms with E-state index in [0.29, 0.717) is 36.1 Å². The van der Waals surface area contributed by atoms with Crippen LogP contribution in [-0.4, -0.2) is 15.4 Å². The summed E-state index contributed by atoms with van der Waals surface area (Å²) in [5.74, 6) is -0.173. The summed E-state index contributed by atoms with van der Waals surface area (Å²) < 4.78 is 29.6. The van der Waals surface area contributed by atoms with Gasteiger partial charge in [-0.05, 0) is 23.5 Å². The molecule has 0 aliphatic carbocycles. The van der Waals surface area contributed by atoms with Gasteiger partial charge in [-0.15, -0.1) is 11.6 Å². The maximum Gasteiger partial charge on any atom is 0.184 e. The van der Waals surface area contributed by atoms with Crippen LogP contribution in [0.4, 0.5) is 8.78 Å². The number of fused-ring (bicyclic) bond motifs is 1. The molecule has 116 valence electrons. The Labute approximate surface area is 129 Å². The van der Waals surface area contributed by atoms with Crippen molar-refractivity contribution in [3.63, 3.8) is 0 Å². The van der Waals surface area contributed by atoms with Crippen molar-refractivity contribution >= 4 is 22.6 Å². The number of aryl methyl sites for hydroxylation is 1. The van der Waals surface area contributed by atoms with Crippen molar-refractivity contribution in [1.29, 1.82) is 0 Å². The van der Waals surface area contributed by atoms with Crippen LogP contribution < -0.4 is 0 Å². The summed E-state index contributed by atoms with van der Waals surface area (Å²) in [6.07, 6.45) is 0.533. The number of imidazole rings is 1. The first-order chi connectivity index (χ1) is 9.77. The van der Waals surface area contributed by atoms with Gasteiger partial charge >= 0.3 is 0 Å². The third-order valence-corrected chi connectivity index (χ3v) is 4.51. The molecule has 2 nitrogen and oxygen atoms in total. The molecule has 0 atom stereocenters. The lowest BCUT2D eigenvalue weighted by Gasteiger charge is -2.30. The van der Waals surface area contributed by atoms with Crippen LogP contribution in [0, 0.1) is 23.0 Å². The van der Waals surface area contributed by atoms with E-state index in [0.717, 1.165) is 6.07 Å². The number of alkyl halides is 1. The van der Waals surface area contributed by atoms with E-state index >= 15 is 0 Å². The summed E-state index contributed by atoms with van der Waals surface area (Å²) in [6, 6.07) is 2.64. The Bertz CT molecular complexity index is 647. The summed E-state index contributed by atoms with van der Waals surface area (Å²) in [4.78, 5) is 4.42. The van der Waals surface area contributed by atoms with Crippen LogP contribution in [0.3, 0.4) is 0 Å². The molecule has 1 heterocycles. The minimum atomic E-state index is -0.844. The first-order valence-electron chi connectivity index (χ1n) is 7.17.